The Bertz CT molecular complexity index is 1160. The Labute approximate surface area is 277 Å². The van der Waals surface area contributed by atoms with E-state index in [9.17, 15) is 9.59 Å². The summed E-state index contributed by atoms with van der Waals surface area (Å²) in [5, 5.41) is 10.2. The van der Waals surface area contributed by atoms with Crippen LogP contribution in [0.15, 0.2) is 72.9 Å². The summed E-state index contributed by atoms with van der Waals surface area (Å²) in [6.45, 7) is 9.49. The van der Waals surface area contributed by atoms with Crippen molar-refractivity contribution in [1.29, 1.82) is 0 Å². The molecule has 0 aliphatic heterocycles. The minimum Gasteiger partial charge on any atom is -0.344 e. The van der Waals surface area contributed by atoms with Gasteiger partial charge in [-0.05, 0) is 89.5 Å². The van der Waals surface area contributed by atoms with Gasteiger partial charge in [0.2, 0.25) is 11.8 Å². The zero-order chi connectivity index (χ0) is 32.5. The van der Waals surface area contributed by atoms with E-state index in [1.807, 2.05) is 6.08 Å². The van der Waals surface area contributed by atoms with Crippen molar-refractivity contribution in [3.8, 4) is 0 Å². The summed E-state index contributed by atoms with van der Waals surface area (Å²) in [7, 11) is 0. The number of thiazole rings is 1. The number of allylic oxidation sites excluding steroid dienone is 12. The molecule has 248 valence electrons. The Morgan fingerprint density at radius 2 is 1.44 bits per heavy atom. The van der Waals surface area contributed by atoms with Crippen LogP contribution in [-0.4, -0.2) is 35.4 Å². The number of aryl methyl sites for hydroxylation is 1. The van der Waals surface area contributed by atoms with E-state index in [4.69, 9.17) is 4.98 Å². The van der Waals surface area contributed by atoms with Crippen LogP contribution in [0.2, 0.25) is 0 Å². The van der Waals surface area contributed by atoms with E-state index < -0.39 is 6.04 Å². The highest BCUT2D eigenvalue weighted by molar-refractivity contribution is 7.15. The van der Waals surface area contributed by atoms with Crippen LogP contribution in [0.3, 0.4) is 0 Å². The standard InChI is InChI=1S/C38H58N4O2S/c1-5-7-8-9-10-11-12-13-14-15-16-17-18-19-20-21-22-23-24-25-36(43)40-34(29-31(3)4)37(44)42-38-41-33-27-26-32(39-28-6-2)30-35(33)45-38/h7-8,10-11,13-14,16-17,19-20,22-23,31-32,34,39H,5-6,9,12,15,18,21,24-30H2,1-4H3,(H,40,43)(H,41,42,44)/t32-,34+/m1/s1. The molecule has 1 aromatic rings. The second-order valence-corrected chi connectivity index (χ2v) is 13.1. The lowest BCUT2D eigenvalue weighted by Gasteiger charge is -2.21. The molecule has 0 saturated carbocycles. The van der Waals surface area contributed by atoms with E-state index in [0.29, 0.717) is 30.4 Å². The molecule has 0 saturated heterocycles. The highest BCUT2D eigenvalue weighted by Gasteiger charge is 2.26. The predicted octanol–water partition coefficient (Wildman–Crippen LogP) is 8.95. The Morgan fingerprint density at radius 3 is 2.00 bits per heavy atom. The van der Waals surface area contributed by atoms with Crippen LogP contribution in [0.4, 0.5) is 5.13 Å². The van der Waals surface area contributed by atoms with E-state index >= 15 is 0 Å². The maximum atomic E-state index is 13.1. The molecule has 3 N–H and O–H groups in total. The van der Waals surface area contributed by atoms with Crippen molar-refractivity contribution in [2.24, 2.45) is 5.92 Å². The molecule has 2 amide bonds. The van der Waals surface area contributed by atoms with Crippen LogP contribution in [0.1, 0.15) is 109 Å². The van der Waals surface area contributed by atoms with Gasteiger partial charge in [-0.15, -0.1) is 11.3 Å². The number of nitrogens with one attached hydrogen (secondary N) is 3. The fourth-order valence-corrected chi connectivity index (χ4v) is 6.06. The Kier molecular flexibility index (Phi) is 20.5. The molecule has 0 unspecified atom stereocenters. The zero-order valence-electron chi connectivity index (χ0n) is 28.2. The molecular formula is C38H58N4O2S. The van der Waals surface area contributed by atoms with Crippen LogP contribution in [0.25, 0.3) is 0 Å². The van der Waals surface area contributed by atoms with E-state index in [2.05, 4.69) is 110 Å². The summed E-state index contributed by atoms with van der Waals surface area (Å²) >= 11 is 1.57. The number of fused-ring (bicyclic) bond motifs is 1. The lowest BCUT2D eigenvalue weighted by molar-refractivity contribution is -0.126. The van der Waals surface area contributed by atoms with Crippen molar-refractivity contribution in [2.75, 3.05) is 11.9 Å². The van der Waals surface area contributed by atoms with E-state index in [0.717, 1.165) is 76.4 Å². The fourth-order valence-electron chi connectivity index (χ4n) is 4.97. The summed E-state index contributed by atoms with van der Waals surface area (Å²) in [4.78, 5) is 31.8. The third-order valence-electron chi connectivity index (χ3n) is 7.35. The van der Waals surface area contributed by atoms with Gasteiger partial charge in [-0.3, -0.25) is 9.59 Å². The van der Waals surface area contributed by atoms with Crippen molar-refractivity contribution in [1.82, 2.24) is 15.6 Å². The van der Waals surface area contributed by atoms with Crippen molar-refractivity contribution >= 4 is 28.3 Å². The molecule has 1 aromatic heterocycles. The summed E-state index contributed by atoms with van der Waals surface area (Å²) in [6.07, 6.45) is 37.6. The fraction of sp³-hybridized carbons (Fsp3) is 0.553. The third kappa shape index (κ3) is 17.9. The van der Waals surface area contributed by atoms with Gasteiger partial charge >= 0.3 is 0 Å². The van der Waals surface area contributed by atoms with Gasteiger partial charge in [-0.2, -0.15) is 0 Å². The molecule has 45 heavy (non-hydrogen) atoms. The first-order valence-electron chi connectivity index (χ1n) is 17.1. The summed E-state index contributed by atoms with van der Waals surface area (Å²) < 4.78 is 0. The minimum absolute atomic E-state index is 0.0985. The monoisotopic (exact) mass is 634 g/mol. The lowest BCUT2D eigenvalue weighted by atomic mass is 9.98. The average Bonchev–Trinajstić information content (AvgIpc) is 3.42. The highest BCUT2D eigenvalue weighted by atomic mass is 32.1. The van der Waals surface area contributed by atoms with Gasteiger partial charge in [0, 0.05) is 17.3 Å². The number of carbonyl (C=O) groups excluding carboxylic acids is 2. The maximum absolute atomic E-state index is 13.1. The molecule has 1 heterocycles. The van der Waals surface area contributed by atoms with Crippen molar-refractivity contribution in [3.63, 3.8) is 0 Å². The predicted molar refractivity (Wildman–Crippen MR) is 194 cm³/mol. The van der Waals surface area contributed by atoms with Crippen LogP contribution in [0, 0.1) is 5.92 Å². The van der Waals surface area contributed by atoms with Crippen molar-refractivity contribution in [2.45, 2.75) is 123 Å². The lowest BCUT2D eigenvalue weighted by Crippen LogP contribution is -2.44. The molecule has 2 rings (SSSR count). The molecule has 1 aliphatic rings. The van der Waals surface area contributed by atoms with Crippen LogP contribution >= 0.6 is 11.3 Å². The summed E-state index contributed by atoms with van der Waals surface area (Å²) in [5.74, 6) is -0.00402. The number of rotatable bonds is 22. The normalized spacial score (nSPS) is 16.3. The molecule has 2 atom stereocenters. The molecular weight excluding hydrogens is 577 g/mol. The molecule has 7 heteroatoms. The quantitative estimate of drug-likeness (QED) is 0.111. The van der Waals surface area contributed by atoms with E-state index in [-0.39, 0.29) is 17.7 Å². The Hall–Kier alpha value is -3.03. The number of carbonyl (C=O) groups is 2. The molecule has 0 bridgehead atoms. The smallest absolute Gasteiger partial charge is 0.248 e. The molecule has 0 fully saturated rings. The van der Waals surface area contributed by atoms with Gasteiger partial charge in [-0.25, -0.2) is 4.98 Å². The van der Waals surface area contributed by atoms with Gasteiger partial charge in [0.05, 0.1) is 5.69 Å². The van der Waals surface area contributed by atoms with Crippen LogP contribution in [-0.2, 0) is 22.4 Å². The van der Waals surface area contributed by atoms with E-state index in [1.54, 1.807) is 11.3 Å². The second kappa shape index (κ2) is 24.2. The molecule has 0 spiro atoms. The van der Waals surface area contributed by atoms with Crippen molar-refractivity contribution < 1.29 is 9.59 Å². The third-order valence-corrected chi connectivity index (χ3v) is 8.38. The SMILES string of the molecule is CCC=CCC=CCC=CCC=CCC=CCC=CCCC(=O)N[C@@H](CC(C)C)C(=O)Nc1nc2c(s1)C[C@H](NCCC)CC2. The van der Waals surface area contributed by atoms with Gasteiger partial charge in [0.1, 0.15) is 6.04 Å². The van der Waals surface area contributed by atoms with Crippen molar-refractivity contribution in [3.05, 3.63) is 83.5 Å². The van der Waals surface area contributed by atoms with Gasteiger partial charge in [0.25, 0.3) is 0 Å². The first-order valence-corrected chi connectivity index (χ1v) is 18.0. The number of hydrogen-bond donors (Lipinski definition) is 3. The summed E-state index contributed by atoms with van der Waals surface area (Å²) in [5.41, 5.74) is 1.10. The molecule has 0 aromatic carbocycles. The minimum atomic E-state index is -0.567. The number of amides is 2. The first kappa shape index (κ1) is 38.2. The molecule has 6 nitrogen and oxygen atoms in total. The maximum Gasteiger partial charge on any atom is 0.248 e. The number of nitrogens with zero attached hydrogens (tertiary/aromatic N) is 1. The van der Waals surface area contributed by atoms with Crippen LogP contribution < -0.4 is 16.0 Å². The highest BCUT2D eigenvalue weighted by Crippen LogP contribution is 2.30. The largest absolute Gasteiger partial charge is 0.344 e. The first-order chi connectivity index (χ1) is 21.9. The van der Waals surface area contributed by atoms with Gasteiger partial charge in [-0.1, -0.05) is 101 Å². The van der Waals surface area contributed by atoms with E-state index in [1.165, 1.54) is 4.88 Å². The number of aromatic nitrogens is 1. The van der Waals surface area contributed by atoms with Gasteiger partial charge in [0.15, 0.2) is 5.13 Å². The molecule has 1 aliphatic carbocycles. The number of anilines is 1. The number of hydrogen-bond acceptors (Lipinski definition) is 5. The Balaban J connectivity index is 1.64. The average molecular weight is 635 g/mol. The van der Waals surface area contributed by atoms with Crippen LogP contribution in [0.5, 0.6) is 0 Å². The second-order valence-electron chi connectivity index (χ2n) is 12.0. The van der Waals surface area contributed by atoms with Gasteiger partial charge < -0.3 is 16.0 Å². The zero-order valence-corrected chi connectivity index (χ0v) is 29.0. The summed E-state index contributed by atoms with van der Waals surface area (Å²) in [6, 6.07) is -0.0849. The topological polar surface area (TPSA) is 83.1 Å². The molecule has 0 radical (unpaired) electrons. The Morgan fingerprint density at radius 1 is 0.867 bits per heavy atom.